The number of hydrogen-bond acceptors (Lipinski definition) is 2. The Hall–Kier alpha value is -1.35. The number of nitrogens with one attached hydrogen (secondary N) is 1. The summed E-state index contributed by atoms with van der Waals surface area (Å²) in [6.07, 6.45) is 2.11. The molecule has 1 unspecified atom stereocenters. The largest absolute Gasteiger partial charge is 0.361 e. The summed E-state index contributed by atoms with van der Waals surface area (Å²) >= 11 is 0. The Balaban J connectivity index is 0.00000161. The molecule has 2 aromatic carbocycles. The van der Waals surface area contributed by atoms with E-state index in [2.05, 4.69) is 59.9 Å². The first-order chi connectivity index (χ1) is 9.87. The highest BCUT2D eigenvalue weighted by molar-refractivity contribution is 5.85. The summed E-state index contributed by atoms with van der Waals surface area (Å²) in [5, 5.41) is 3.23. The van der Waals surface area contributed by atoms with E-state index in [1.54, 1.807) is 0 Å². The predicted molar refractivity (Wildman–Crippen MR) is 88.9 cm³/mol. The van der Waals surface area contributed by atoms with E-state index in [0.717, 1.165) is 19.4 Å². The molecule has 2 aromatic rings. The van der Waals surface area contributed by atoms with Crippen molar-refractivity contribution in [2.45, 2.75) is 25.0 Å². The van der Waals surface area contributed by atoms with Crippen LogP contribution >= 0.6 is 12.4 Å². The number of halogens is 1. The molecule has 21 heavy (non-hydrogen) atoms. The van der Waals surface area contributed by atoms with E-state index in [4.69, 9.17) is 4.74 Å². The Morgan fingerprint density at radius 2 is 1.76 bits per heavy atom. The van der Waals surface area contributed by atoms with Crippen molar-refractivity contribution in [2.75, 3.05) is 13.6 Å². The highest BCUT2D eigenvalue weighted by Crippen LogP contribution is 2.44. The van der Waals surface area contributed by atoms with Crippen LogP contribution in [-0.4, -0.2) is 13.6 Å². The van der Waals surface area contributed by atoms with Crippen LogP contribution in [0.15, 0.2) is 54.6 Å². The van der Waals surface area contributed by atoms with Crippen LogP contribution in [0.25, 0.3) is 0 Å². The van der Waals surface area contributed by atoms with Gasteiger partial charge in [0.15, 0.2) is 0 Å². The molecule has 0 aliphatic carbocycles. The lowest BCUT2D eigenvalue weighted by Gasteiger charge is -2.30. The van der Waals surface area contributed by atoms with Gasteiger partial charge in [0.1, 0.15) is 5.60 Å². The van der Waals surface area contributed by atoms with Gasteiger partial charge < -0.3 is 10.1 Å². The monoisotopic (exact) mass is 303 g/mol. The quantitative estimate of drug-likeness (QED) is 0.846. The summed E-state index contributed by atoms with van der Waals surface area (Å²) in [5.74, 6) is 0. The SMILES string of the molecule is CNCCCC1(c2ccccc2)OCc2ccccc21.Cl. The van der Waals surface area contributed by atoms with Gasteiger partial charge in [-0.1, -0.05) is 54.6 Å². The van der Waals surface area contributed by atoms with Gasteiger partial charge in [-0.25, -0.2) is 0 Å². The summed E-state index contributed by atoms with van der Waals surface area (Å²) in [4.78, 5) is 0. The third-order valence-electron chi connectivity index (χ3n) is 4.12. The lowest BCUT2D eigenvalue weighted by Crippen LogP contribution is -2.28. The Bertz CT molecular complexity index is 572. The van der Waals surface area contributed by atoms with Crippen LogP contribution in [0, 0.1) is 0 Å². The molecule has 1 aliphatic heterocycles. The minimum absolute atomic E-state index is 0. The van der Waals surface area contributed by atoms with Crippen LogP contribution in [-0.2, 0) is 16.9 Å². The molecule has 0 saturated carbocycles. The van der Waals surface area contributed by atoms with Gasteiger partial charge in [0, 0.05) is 0 Å². The number of ether oxygens (including phenoxy) is 1. The Morgan fingerprint density at radius 3 is 2.52 bits per heavy atom. The van der Waals surface area contributed by atoms with Crippen LogP contribution in [0.2, 0.25) is 0 Å². The third kappa shape index (κ3) is 2.98. The van der Waals surface area contributed by atoms with Crippen LogP contribution in [0.4, 0.5) is 0 Å². The van der Waals surface area contributed by atoms with Crippen molar-refractivity contribution in [3.05, 3.63) is 71.3 Å². The Kier molecular flexibility index (Phi) is 5.40. The molecule has 112 valence electrons. The first-order valence-electron chi connectivity index (χ1n) is 7.29. The van der Waals surface area contributed by atoms with E-state index >= 15 is 0 Å². The minimum atomic E-state index is -0.269. The van der Waals surface area contributed by atoms with Gasteiger partial charge in [0.25, 0.3) is 0 Å². The van der Waals surface area contributed by atoms with Crippen LogP contribution < -0.4 is 5.32 Å². The molecule has 1 N–H and O–H groups in total. The predicted octanol–water partition coefficient (Wildman–Crippen LogP) is 3.88. The van der Waals surface area contributed by atoms with Gasteiger partial charge in [0.05, 0.1) is 6.61 Å². The van der Waals surface area contributed by atoms with Crippen molar-refractivity contribution in [3.63, 3.8) is 0 Å². The second kappa shape index (κ2) is 7.08. The van der Waals surface area contributed by atoms with Crippen molar-refractivity contribution in [1.82, 2.24) is 5.32 Å². The van der Waals surface area contributed by atoms with Crippen LogP contribution in [0.1, 0.15) is 29.5 Å². The second-order valence-corrected chi connectivity index (χ2v) is 5.35. The Morgan fingerprint density at radius 1 is 1.05 bits per heavy atom. The molecule has 0 fully saturated rings. The van der Waals surface area contributed by atoms with Gasteiger partial charge in [-0.15, -0.1) is 12.4 Å². The van der Waals surface area contributed by atoms with Crippen molar-refractivity contribution in [1.29, 1.82) is 0 Å². The molecule has 0 bridgehead atoms. The fourth-order valence-electron chi connectivity index (χ4n) is 3.13. The van der Waals surface area contributed by atoms with Gasteiger partial charge in [-0.2, -0.15) is 0 Å². The van der Waals surface area contributed by atoms with E-state index in [1.807, 2.05) is 7.05 Å². The molecule has 2 nitrogen and oxygen atoms in total. The molecule has 1 atom stereocenters. The maximum Gasteiger partial charge on any atom is 0.119 e. The third-order valence-corrected chi connectivity index (χ3v) is 4.12. The lowest BCUT2D eigenvalue weighted by atomic mass is 9.82. The van der Waals surface area contributed by atoms with E-state index in [-0.39, 0.29) is 18.0 Å². The molecule has 0 spiro atoms. The summed E-state index contributed by atoms with van der Waals surface area (Å²) in [7, 11) is 2.00. The van der Waals surface area contributed by atoms with Gasteiger partial charge in [0.2, 0.25) is 0 Å². The average molecular weight is 304 g/mol. The highest BCUT2D eigenvalue weighted by atomic mass is 35.5. The number of rotatable bonds is 5. The molecule has 0 saturated heterocycles. The van der Waals surface area contributed by atoms with Crippen molar-refractivity contribution in [2.24, 2.45) is 0 Å². The summed E-state index contributed by atoms with van der Waals surface area (Å²) in [5.41, 5.74) is 3.65. The van der Waals surface area contributed by atoms with Crippen LogP contribution in [0.3, 0.4) is 0 Å². The molecule has 3 rings (SSSR count). The molecule has 0 amide bonds. The summed E-state index contributed by atoms with van der Waals surface area (Å²) < 4.78 is 6.32. The lowest BCUT2D eigenvalue weighted by molar-refractivity contribution is -0.0128. The van der Waals surface area contributed by atoms with Crippen molar-refractivity contribution >= 4 is 12.4 Å². The number of benzene rings is 2. The number of fused-ring (bicyclic) bond motifs is 1. The van der Waals surface area contributed by atoms with E-state index in [0.29, 0.717) is 6.61 Å². The molecule has 3 heteroatoms. The average Bonchev–Trinajstić information content (AvgIpc) is 2.89. The molecule has 1 aliphatic rings. The zero-order valence-electron chi connectivity index (χ0n) is 12.3. The molecular formula is C18H22ClNO. The van der Waals surface area contributed by atoms with Gasteiger partial charge in [-0.3, -0.25) is 0 Å². The summed E-state index contributed by atoms with van der Waals surface area (Å²) in [6, 6.07) is 19.2. The fourth-order valence-corrected chi connectivity index (χ4v) is 3.13. The molecule has 0 radical (unpaired) electrons. The van der Waals surface area contributed by atoms with E-state index in [9.17, 15) is 0 Å². The second-order valence-electron chi connectivity index (χ2n) is 5.35. The zero-order valence-corrected chi connectivity index (χ0v) is 13.2. The minimum Gasteiger partial charge on any atom is -0.361 e. The van der Waals surface area contributed by atoms with Gasteiger partial charge >= 0.3 is 0 Å². The van der Waals surface area contributed by atoms with E-state index < -0.39 is 0 Å². The fraction of sp³-hybridized carbons (Fsp3) is 0.333. The first kappa shape index (κ1) is 16.0. The smallest absolute Gasteiger partial charge is 0.119 e. The first-order valence-corrected chi connectivity index (χ1v) is 7.29. The topological polar surface area (TPSA) is 21.3 Å². The molecular weight excluding hydrogens is 282 g/mol. The summed E-state index contributed by atoms with van der Waals surface area (Å²) in [6.45, 7) is 1.73. The van der Waals surface area contributed by atoms with Crippen molar-refractivity contribution in [3.8, 4) is 0 Å². The Labute approximate surface area is 132 Å². The zero-order chi connectivity index (χ0) is 13.8. The number of hydrogen-bond donors (Lipinski definition) is 1. The maximum atomic E-state index is 6.32. The molecule has 1 heterocycles. The van der Waals surface area contributed by atoms with E-state index in [1.165, 1.54) is 16.7 Å². The highest BCUT2D eigenvalue weighted by Gasteiger charge is 2.40. The standard InChI is InChI=1S/C18H21NO.ClH/c1-19-13-7-12-18(16-9-3-2-4-10-16)17-11-6-5-8-15(17)14-20-18;/h2-6,8-11,19H,7,12-14H2,1H3;1H. The molecule has 0 aromatic heterocycles. The van der Waals surface area contributed by atoms with Crippen LogP contribution in [0.5, 0.6) is 0 Å². The van der Waals surface area contributed by atoms with Gasteiger partial charge in [-0.05, 0) is 43.1 Å². The normalized spacial score (nSPS) is 19.9. The van der Waals surface area contributed by atoms with Crippen molar-refractivity contribution < 1.29 is 4.74 Å². The maximum absolute atomic E-state index is 6.32.